The number of anilines is 1. The lowest BCUT2D eigenvalue weighted by Crippen LogP contribution is -2.20. The summed E-state index contributed by atoms with van der Waals surface area (Å²) in [5.74, 6) is -0.494. The van der Waals surface area contributed by atoms with E-state index in [2.05, 4.69) is 5.32 Å². The molecule has 1 aliphatic rings. The Morgan fingerprint density at radius 3 is 3.00 bits per heavy atom. The number of nitrogens with one attached hydrogen (secondary N) is 1. The Hall–Kier alpha value is -1.55. The van der Waals surface area contributed by atoms with Crippen molar-refractivity contribution in [2.24, 2.45) is 0 Å². The van der Waals surface area contributed by atoms with Crippen molar-refractivity contribution in [2.45, 2.75) is 6.54 Å². The third kappa shape index (κ3) is 1.76. The molecule has 1 aromatic rings. The highest BCUT2D eigenvalue weighted by Crippen LogP contribution is 2.28. The molecule has 1 N–H and O–H groups in total. The van der Waals surface area contributed by atoms with E-state index in [1.807, 2.05) is 12.1 Å². The van der Waals surface area contributed by atoms with Crippen molar-refractivity contribution in [3.05, 3.63) is 29.3 Å². The summed E-state index contributed by atoms with van der Waals surface area (Å²) in [5, 5.41) is 2.62. The molecule has 0 aliphatic carbocycles. The smallest absolute Gasteiger partial charge is 0.256 e. The minimum absolute atomic E-state index is 0.0690. The van der Waals surface area contributed by atoms with Crippen LogP contribution in [0.2, 0.25) is 0 Å². The quantitative estimate of drug-likeness (QED) is 0.793. The minimum Gasteiger partial charge on any atom is -0.337 e. The maximum atomic E-state index is 11.8. The Balaban J connectivity index is 2.39. The molecule has 2 rings (SSSR count). The van der Waals surface area contributed by atoms with Crippen molar-refractivity contribution >= 4 is 29.1 Å². The van der Waals surface area contributed by atoms with E-state index in [9.17, 15) is 9.59 Å². The summed E-state index contributed by atoms with van der Waals surface area (Å²) in [7, 11) is 1.73. The van der Waals surface area contributed by atoms with Crippen LogP contribution in [-0.4, -0.2) is 29.6 Å². The van der Waals surface area contributed by atoms with Crippen LogP contribution in [-0.2, 0) is 11.3 Å². The molecular weight excluding hydrogens is 228 g/mol. The maximum absolute atomic E-state index is 11.8. The zero-order valence-corrected chi connectivity index (χ0v) is 9.54. The van der Waals surface area contributed by atoms with Crippen molar-refractivity contribution in [3.8, 4) is 0 Å². The second-order valence-electron chi connectivity index (χ2n) is 3.68. The van der Waals surface area contributed by atoms with Crippen LogP contribution in [0.15, 0.2) is 18.2 Å². The molecule has 0 atom stereocenters. The highest BCUT2D eigenvalue weighted by Gasteiger charge is 2.27. The zero-order valence-electron chi connectivity index (χ0n) is 8.79. The van der Waals surface area contributed by atoms with Crippen LogP contribution < -0.4 is 5.32 Å². The summed E-state index contributed by atoms with van der Waals surface area (Å²) >= 11 is 5.41. The molecule has 0 unspecified atom stereocenters. The fourth-order valence-corrected chi connectivity index (χ4v) is 1.86. The Morgan fingerprint density at radius 1 is 1.56 bits per heavy atom. The Bertz CT molecular complexity index is 459. The van der Waals surface area contributed by atoms with Crippen LogP contribution in [0.1, 0.15) is 15.9 Å². The Morgan fingerprint density at radius 2 is 2.31 bits per heavy atom. The van der Waals surface area contributed by atoms with Gasteiger partial charge in [0.25, 0.3) is 5.91 Å². The third-order valence-electron chi connectivity index (χ3n) is 2.51. The van der Waals surface area contributed by atoms with Gasteiger partial charge in [-0.2, -0.15) is 0 Å². The fraction of sp³-hybridized carbons (Fsp3) is 0.273. The van der Waals surface area contributed by atoms with Crippen molar-refractivity contribution in [3.63, 3.8) is 0 Å². The number of benzene rings is 1. The molecule has 0 fully saturated rings. The van der Waals surface area contributed by atoms with Crippen molar-refractivity contribution < 1.29 is 9.59 Å². The maximum Gasteiger partial charge on any atom is 0.256 e. The van der Waals surface area contributed by atoms with Gasteiger partial charge in [0.15, 0.2) is 0 Å². The molecule has 2 amide bonds. The molecule has 0 aromatic heterocycles. The fourth-order valence-electron chi connectivity index (χ4n) is 1.79. The number of amides is 2. The van der Waals surface area contributed by atoms with E-state index < -0.39 is 0 Å². The average molecular weight is 239 g/mol. The summed E-state index contributed by atoms with van der Waals surface area (Å²) in [6.07, 6.45) is 0. The van der Waals surface area contributed by atoms with E-state index in [1.165, 1.54) is 0 Å². The summed E-state index contributed by atoms with van der Waals surface area (Å²) in [6, 6.07) is 5.41. The first-order valence-corrected chi connectivity index (χ1v) is 5.40. The largest absolute Gasteiger partial charge is 0.337 e. The zero-order chi connectivity index (χ0) is 11.7. The number of halogens is 1. The second kappa shape index (κ2) is 4.14. The molecule has 1 aliphatic heterocycles. The van der Waals surface area contributed by atoms with Gasteiger partial charge in [0.05, 0.1) is 11.3 Å². The van der Waals surface area contributed by atoms with Crippen molar-refractivity contribution in [1.29, 1.82) is 0 Å². The first-order chi connectivity index (χ1) is 7.63. The predicted octanol–water partition coefficient (Wildman–Crippen LogP) is 1.45. The summed E-state index contributed by atoms with van der Waals surface area (Å²) in [6.45, 7) is 0.582. The van der Waals surface area contributed by atoms with Crippen LogP contribution in [0.3, 0.4) is 0 Å². The lowest BCUT2D eigenvalue weighted by molar-refractivity contribution is -0.113. The van der Waals surface area contributed by atoms with Crippen molar-refractivity contribution in [1.82, 2.24) is 4.90 Å². The summed E-state index contributed by atoms with van der Waals surface area (Å²) in [5.41, 5.74) is 2.04. The van der Waals surface area contributed by atoms with Gasteiger partial charge in [-0.05, 0) is 11.6 Å². The molecule has 5 heteroatoms. The van der Waals surface area contributed by atoms with Gasteiger partial charge in [-0.25, -0.2) is 0 Å². The number of rotatable bonds is 2. The minimum atomic E-state index is -0.308. The van der Waals surface area contributed by atoms with Gasteiger partial charge in [-0.15, -0.1) is 11.6 Å². The van der Waals surface area contributed by atoms with Gasteiger partial charge in [-0.1, -0.05) is 12.1 Å². The van der Waals surface area contributed by atoms with Crippen LogP contribution in [0, 0.1) is 0 Å². The highest BCUT2D eigenvalue weighted by atomic mass is 35.5. The number of fused-ring (bicyclic) bond motifs is 1. The number of nitrogens with zero attached hydrogens (tertiary/aromatic N) is 1. The molecule has 1 aromatic carbocycles. The predicted molar refractivity (Wildman–Crippen MR) is 61.6 cm³/mol. The number of hydrogen-bond donors (Lipinski definition) is 1. The normalized spacial score (nSPS) is 13.9. The van der Waals surface area contributed by atoms with Gasteiger partial charge in [-0.3, -0.25) is 9.59 Å². The van der Waals surface area contributed by atoms with E-state index in [1.54, 1.807) is 18.0 Å². The van der Waals surface area contributed by atoms with E-state index in [0.29, 0.717) is 17.8 Å². The second-order valence-corrected chi connectivity index (χ2v) is 3.95. The van der Waals surface area contributed by atoms with Gasteiger partial charge in [0, 0.05) is 13.6 Å². The molecule has 0 bridgehead atoms. The number of hydrogen-bond acceptors (Lipinski definition) is 2. The van der Waals surface area contributed by atoms with Crippen LogP contribution in [0.4, 0.5) is 5.69 Å². The van der Waals surface area contributed by atoms with Gasteiger partial charge in [0.1, 0.15) is 5.88 Å². The van der Waals surface area contributed by atoms with Gasteiger partial charge in [0.2, 0.25) is 5.91 Å². The molecule has 84 valence electrons. The first kappa shape index (κ1) is 11.0. The first-order valence-electron chi connectivity index (χ1n) is 4.86. The highest BCUT2D eigenvalue weighted by molar-refractivity contribution is 6.29. The standard InChI is InChI=1S/C11H11ClN2O2/c1-14-6-7-3-2-4-8(10(7)11(14)16)13-9(15)5-12/h2-4H,5-6H2,1H3,(H,13,15). The summed E-state index contributed by atoms with van der Waals surface area (Å²) < 4.78 is 0. The van der Waals surface area contributed by atoms with E-state index in [-0.39, 0.29) is 17.7 Å². The lowest BCUT2D eigenvalue weighted by atomic mass is 10.1. The third-order valence-corrected chi connectivity index (χ3v) is 2.76. The molecular formula is C11H11ClN2O2. The number of alkyl halides is 1. The Kier molecular flexibility index (Phi) is 2.83. The molecule has 1 heterocycles. The van der Waals surface area contributed by atoms with E-state index >= 15 is 0 Å². The van der Waals surface area contributed by atoms with Gasteiger partial charge >= 0.3 is 0 Å². The monoisotopic (exact) mass is 238 g/mol. The van der Waals surface area contributed by atoms with E-state index in [0.717, 1.165) is 5.56 Å². The van der Waals surface area contributed by atoms with Crippen LogP contribution in [0.25, 0.3) is 0 Å². The van der Waals surface area contributed by atoms with Crippen LogP contribution >= 0.6 is 11.6 Å². The molecule has 0 saturated carbocycles. The van der Waals surface area contributed by atoms with Crippen LogP contribution in [0.5, 0.6) is 0 Å². The number of carbonyl (C=O) groups excluding carboxylic acids is 2. The average Bonchev–Trinajstić information content (AvgIpc) is 2.56. The molecule has 0 radical (unpaired) electrons. The summed E-state index contributed by atoms with van der Waals surface area (Å²) in [4.78, 5) is 24.6. The molecule has 0 spiro atoms. The molecule has 0 saturated heterocycles. The SMILES string of the molecule is CN1Cc2cccc(NC(=O)CCl)c2C1=O. The Labute approximate surface area is 98.2 Å². The van der Waals surface area contributed by atoms with E-state index in [4.69, 9.17) is 11.6 Å². The lowest BCUT2D eigenvalue weighted by Gasteiger charge is -2.08. The van der Waals surface area contributed by atoms with Crippen molar-refractivity contribution in [2.75, 3.05) is 18.2 Å². The number of carbonyl (C=O) groups is 2. The van der Waals surface area contributed by atoms with Gasteiger partial charge < -0.3 is 10.2 Å². The molecule has 16 heavy (non-hydrogen) atoms. The molecule has 4 nitrogen and oxygen atoms in total. The topological polar surface area (TPSA) is 49.4 Å².